The molecule has 508 valence electrons. The number of ketones is 1. The number of allylic oxidation sites excluding steroid dienone is 4. The van der Waals surface area contributed by atoms with Gasteiger partial charge >= 0.3 is 58.6 Å². The molecule has 3 aromatic carbocycles. The van der Waals surface area contributed by atoms with Crippen LogP contribution < -0.4 is 5.46 Å². The molecule has 3 N–H and O–H groups in total. The van der Waals surface area contributed by atoms with Gasteiger partial charge in [0, 0.05) is 44.6 Å². The highest BCUT2D eigenvalue weighted by Gasteiger charge is 2.57. The number of rotatable bonds is 18. The standard InChI is InChI=1S/C18H21ClO4.C14H16BrClO2.C13H17F3O7S.C12H18O5.C6H6BClO2/c1-3-22-16(20)18(17(21)23-4-2)11-9-14(10-12-18)13-5-7-15(19)8-6-13;15-12-7-13(8-17)5-6-14(12,18-9-13)10-1-3-11(16)4-2-10;1-3-21-10(17)12(11(18)22-4-2)7-5-9(6-8-12)23-24(19,20)13(14,15)16;1-3-16-10(14)12(11(15)17-4-2)7-5-9(13)6-8-12;8-6-3-1-5(2-4-6)7(9)10/h5-9H,3-4,10-12H2,1-2H3;1-4,12,17H,5-9H2;5H,3-4,6-8H2,1-2H3;3-8H2,1-2H3;1-4,9-10H. The van der Waals surface area contributed by atoms with Gasteiger partial charge in [-0.3, -0.25) is 33.6 Å². The molecule has 4 fully saturated rings. The number of aliphatic hydroxyl groups is 1. The van der Waals surface area contributed by atoms with E-state index in [2.05, 4.69) is 20.1 Å². The maximum Gasteiger partial charge on any atom is 0.534 e. The number of hydrogen-bond donors (Lipinski definition) is 3. The quantitative estimate of drug-likeness (QED) is 0.0203. The zero-order chi connectivity index (χ0) is 68.7. The molecule has 0 spiro atoms. The summed E-state index contributed by atoms with van der Waals surface area (Å²) in [5.74, 6) is -4.28. The Hall–Kier alpha value is -5.58. The van der Waals surface area contributed by atoms with Crippen molar-refractivity contribution in [3.05, 3.63) is 117 Å². The fraction of sp³-hybridized carbons (Fsp3) is 0.540. The van der Waals surface area contributed by atoms with Gasteiger partial charge in [0.2, 0.25) is 0 Å². The van der Waals surface area contributed by atoms with E-state index in [1.165, 1.54) is 19.4 Å². The monoisotopic (exact) mass is 1440 g/mol. The van der Waals surface area contributed by atoms with Crippen LogP contribution in [0.15, 0.2) is 90.7 Å². The second-order valence-corrected chi connectivity index (χ2v) is 25.8. The Morgan fingerprint density at radius 3 is 1.32 bits per heavy atom. The average Bonchev–Trinajstić information content (AvgIpc) is 0.741. The SMILES string of the molecule is CCOC(=O)C1(C(=O)OCC)CC=C(OS(=O)(=O)C(F)(F)F)CC1.CCOC(=O)C1(C(=O)OCC)CC=C(c2ccc(Cl)cc2)CC1.CCOC(=O)C1(C(=O)OCC)CCC(=O)CC1.OB(O)c1ccc(Cl)cc1.OCC12CCC(c3ccc(Cl)cc3)(OC1)C(Br)C2. The number of hydrogen-bond acceptors (Lipinski definition) is 20. The molecule has 2 heterocycles. The Balaban J connectivity index is 0.000000251. The van der Waals surface area contributed by atoms with Crippen LogP contribution in [0.4, 0.5) is 13.2 Å². The van der Waals surface area contributed by atoms with Crippen molar-refractivity contribution in [3.8, 4) is 0 Å². The summed E-state index contributed by atoms with van der Waals surface area (Å²) >= 11 is 21.2. The minimum Gasteiger partial charge on any atom is -0.465 e. The molecule has 20 nitrogen and oxygen atoms in total. The third-order valence-corrected chi connectivity index (χ3v) is 18.8. The van der Waals surface area contributed by atoms with Gasteiger partial charge in [0.25, 0.3) is 0 Å². The zero-order valence-electron chi connectivity index (χ0n) is 51.9. The van der Waals surface area contributed by atoms with Gasteiger partial charge in [-0.15, -0.1) is 0 Å². The maximum absolute atomic E-state index is 12.4. The van der Waals surface area contributed by atoms with E-state index in [1.54, 1.807) is 52.0 Å². The second kappa shape index (κ2) is 35.8. The van der Waals surface area contributed by atoms with E-state index in [4.69, 9.17) is 78.0 Å². The lowest BCUT2D eigenvalue weighted by Gasteiger charge is -2.55. The molecule has 3 atom stereocenters. The van der Waals surface area contributed by atoms with E-state index in [9.17, 15) is 60.3 Å². The summed E-state index contributed by atoms with van der Waals surface area (Å²) in [7, 11) is -7.20. The number of esters is 6. The third kappa shape index (κ3) is 20.2. The first-order chi connectivity index (χ1) is 43.4. The van der Waals surface area contributed by atoms with Crippen molar-refractivity contribution in [2.24, 2.45) is 21.7 Å². The van der Waals surface area contributed by atoms with Crippen molar-refractivity contribution < 1.29 is 108 Å². The van der Waals surface area contributed by atoms with E-state index in [0.29, 0.717) is 41.4 Å². The smallest absolute Gasteiger partial charge is 0.465 e. The summed E-state index contributed by atoms with van der Waals surface area (Å²) < 4.78 is 98.8. The van der Waals surface area contributed by atoms with Crippen LogP contribution in [0.5, 0.6) is 0 Å². The number of fused-ring (bicyclic) bond motifs is 3. The lowest BCUT2D eigenvalue weighted by molar-refractivity contribution is -0.193. The maximum atomic E-state index is 12.4. The van der Waals surface area contributed by atoms with E-state index in [0.717, 1.165) is 41.5 Å². The van der Waals surface area contributed by atoms with Crippen LogP contribution in [0.3, 0.4) is 0 Å². The number of Topliss-reactive ketones (excluding diaryl/α,β-unsaturated/α-hetero) is 1. The minimum absolute atomic E-state index is 0.00445. The molecule has 3 unspecified atom stereocenters. The molecule has 9 rings (SSSR count). The molecule has 2 saturated heterocycles. The number of carbonyl (C=O) groups excluding carboxylic acids is 7. The van der Waals surface area contributed by atoms with Crippen LogP contribution in [0.25, 0.3) is 5.57 Å². The van der Waals surface area contributed by atoms with E-state index in [1.807, 2.05) is 54.6 Å². The highest BCUT2D eigenvalue weighted by molar-refractivity contribution is 9.09. The number of benzene rings is 3. The lowest BCUT2D eigenvalue weighted by Crippen LogP contribution is -2.56. The summed E-state index contributed by atoms with van der Waals surface area (Å²) in [6, 6.07) is 21.8. The number of ether oxygens (including phenoxy) is 7. The Morgan fingerprint density at radius 1 is 0.587 bits per heavy atom. The van der Waals surface area contributed by atoms with Gasteiger partial charge in [-0.05, 0) is 170 Å². The predicted molar refractivity (Wildman–Crippen MR) is 338 cm³/mol. The zero-order valence-corrected chi connectivity index (χ0v) is 56.6. The molecule has 0 radical (unpaired) electrons. The molecule has 2 aliphatic heterocycles. The molecule has 4 aliphatic carbocycles. The molecule has 3 aromatic rings. The van der Waals surface area contributed by atoms with Crippen LogP contribution in [0.1, 0.15) is 136 Å². The van der Waals surface area contributed by atoms with Crippen molar-refractivity contribution in [1.82, 2.24) is 0 Å². The number of carbonyl (C=O) groups is 7. The Bertz CT molecular complexity index is 3090. The van der Waals surface area contributed by atoms with Crippen LogP contribution in [-0.2, 0) is 86.6 Å². The number of alkyl halides is 4. The first kappa shape index (κ1) is 78.9. The summed E-state index contributed by atoms with van der Waals surface area (Å²) in [5, 5.41) is 28.8. The van der Waals surface area contributed by atoms with Gasteiger partial charge in [0.1, 0.15) is 17.1 Å². The third-order valence-electron chi connectivity index (χ3n) is 16.0. The van der Waals surface area contributed by atoms with E-state index < -0.39 is 80.6 Å². The number of aliphatic hydroxyl groups excluding tert-OH is 1. The first-order valence-electron chi connectivity index (χ1n) is 29.9. The largest absolute Gasteiger partial charge is 0.534 e. The molecule has 6 aliphatic rings. The molecular formula is C63H78BBrCl3F3O20S. The molecule has 0 aromatic heterocycles. The van der Waals surface area contributed by atoms with Crippen molar-refractivity contribution in [1.29, 1.82) is 0 Å². The van der Waals surface area contributed by atoms with Gasteiger partial charge in [0.15, 0.2) is 16.2 Å². The normalized spacial score (nSPS) is 20.8. The molecule has 92 heavy (non-hydrogen) atoms. The van der Waals surface area contributed by atoms with Crippen LogP contribution in [-0.4, -0.2) is 135 Å². The fourth-order valence-corrected chi connectivity index (χ4v) is 12.9. The summed E-state index contributed by atoms with van der Waals surface area (Å²) in [4.78, 5) is 84.2. The highest BCUT2D eigenvalue weighted by atomic mass is 79.9. The van der Waals surface area contributed by atoms with Crippen LogP contribution in [0, 0.1) is 21.7 Å². The van der Waals surface area contributed by atoms with Crippen molar-refractivity contribution in [2.75, 3.05) is 52.9 Å². The molecule has 0 amide bonds. The number of halogens is 7. The summed E-state index contributed by atoms with van der Waals surface area (Å²) in [6.45, 7) is 11.7. The molecule has 2 bridgehead atoms. The van der Waals surface area contributed by atoms with Crippen LogP contribution >= 0.6 is 50.7 Å². The second-order valence-electron chi connectivity index (χ2n) is 21.8. The van der Waals surface area contributed by atoms with Gasteiger partial charge in [-0.25, -0.2) is 0 Å². The lowest BCUT2D eigenvalue weighted by atomic mass is 9.64. The van der Waals surface area contributed by atoms with E-state index in [-0.39, 0.29) is 113 Å². The van der Waals surface area contributed by atoms with Gasteiger partial charge in [-0.1, -0.05) is 93.2 Å². The van der Waals surface area contributed by atoms with Crippen molar-refractivity contribution in [2.45, 2.75) is 141 Å². The molecular weight excluding hydrogens is 1360 g/mol. The van der Waals surface area contributed by atoms with Crippen molar-refractivity contribution in [3.63, 3.8) is 0 Å². The topological polar surface area (TPSA) is 288 Å². The van der Waals surface area contributed by atoms with E-state index >= 15 is 0 Å². The Labute approximate surface area is 557 Å². The molecule has 29 heteroatoms. The fourth-order valence-electron chi connectivity index (χ4n) is 10.6. The van der Waals surface area contributed by atoms with Gasteiger partial charge < -0.3 is 52.5 Å². The van der Waals surface area contributed by atoms with Crippen molar-refractivity contribution >= 4 is 121 Å². The highest BCUT2D eigenvalue weighted by Crippen LogP contribution is 2.56. The minimum atomic E-state index is -5.80. The Morgan fingerprint density at radius 2 is 0.978 bits per heavy atom. The first-order valence-corrected chi connectivity index (χ1v) is 33.3. The van der Waals surface area contributed by atoms with Gasteiger partial charge in [-0.2, -0.15) is 21.6 Å². The summed E-state index contributed by atoms with van der Waals surface area (Å²) in [6.07, 6.45) is 6.94. The summed E-state index contributed by atoms with van der Waals surface area (Å²) in [5.41, 5.74) is -6.27. The Kier molecular flexibility index (Phi) is 30.7. The van der Waals surface area contributed by atoms with Gasteiger partial charge in [0.05, 0.1) is 52.9 Å². The average molecular weight is 1440 g/mol. The van der Waals surface area contributed by atoms with Crippen LogP contribution in [0.2, 0.25) is 15.1 Å². The molecule has 2 saturated carbocycles. The predicted octanol–water partition coefficient (Wildman–Crippen LogP) is 10.8.